The van der Waals surface area contributed by atoms with Gasteiger partial charge in [0.05, 0.1) is 5.69 Å². The average Bonchev–Trinajstić information content (AvgIpc) is 3.10. The highest BCUT2D eigenvalue weighted by Crippen LogP contribution is 2.31. The molecule has 0 radical (unpaired) electrons. The minimum Gasteiger partial charge on any atom is -0.480 e. The molecule has 4 rings (SSSR count). The van der Waals surface area contributed by atoms with Gasteiger partial charge in [-0.25, -0.2) is 4.98 Å². The largest absolute Gasteiger partial charge is 0.480 e. The van der Waals surface area contributed by atoms with Gasteiger partial charge in [-0.2, -0.15) is 0 Å². The van der Waals surface area contributed by atoms with E-state index in [1.165, 1.54) is 17.7 Å². The van der Waals surface area contributed by atoms with Crippen molar-refractivity contribution in [3.63, 3.8) is 0 Å². The number of anilines is 1. The monoisotopic (exact) mass is 300 g/mol. The third-order valence-corrected chi connectivity index (χ3v) is 5.09. The summed E-state index contributed by atoms with van der Waals surface area (Å²) >= 11 is 1.61. The highest BCUT2D eigenvalue weighted by molar-refractivity contribution is 7.15. The van der Waals surface area contributed by atoms with Crippen molar-refractivity contribution in [2.45, 2.75) is 38.2 Å². The molecule has 1 atom stereocenters. The second-order valence-corrected chi connectivity index (χ2v) is 6.59. The van der Waals surface area contributed by atoms with Gasteiger partial charge in [-0.1, -0.05) is 18.2 Å². The van der Waals surface area contributed by atoms with Gasteiger partial charge < -0.3 is 4.74 Å². The number of para-hydroxylation sites is 1. The lowest BCUT2D eigenvalue weighted by atomic mass is 10.0. The topological polar surface area (TPSA) is 51.2 Å². The lowest BCUT2D eigenvalue weighted by Gasteiger charge is -2.09. The Labute approximate surface area is 127 Å². The highest BCUT2D eigenvalue weighted by Gasteiger charge is 2.29. The number of carbonyl (C=O) groups excluding carboxylic acids is 1. The van der Waals surface area contributed by atoms with Crippen LogP contribution < -0.4 is 10.1 Å². The third kappa shape index (κ3) is 2.42. The molecule has 0 spiro atoms. The molecular weight excluding hydrogens is 284 g/mol. The number of ether oxygens (including phenoxy) is 1. The number of carbonyl (C=O) groups is 1. The molecule has 0 saturated carbocycles. The van der Waals surface area contributed by atoms with Crippen LogP contribution in [0.15, 0.2) is 24.3 Å². The van der Waals surface area contributed by atoms with Crippen LogP contribution >= 0.6 is 11.3 Å². The molecule has 5 heteroatoms. The van der Waals surface area contributed by atoms with E-state index in [1.807, 2.05) is 24.3 Å². The van der Waals surface area contributed by atoms with Crippen molar-refractivity contribution in [2.24, 2.45) is 0 Å². The maximum Gasteiger partial charge on any atom is 0.267 e. The lowest BCUT2D eigenvalue weighted by molar-refractivity contribution is -0.122. The van der Waals surface area contributed by atoms with Crippen LogP contribution in [0.1, 0.15) is 29.0 Å². The van der Waals surface area contributed by atoms with Crippen LogP contribution in [0.4, 0.5) is 5.13 Å². The van der Waals surface area contributed by atoms with Gasteiger partial charge in [-0.3, -0.25) is 10.1 Å². The average molecular weight is 300 g/mol. The minimum atomic E-state index is -0.441. The predicted molar refractivity (Wildman–Crippen MR) is 81.9 cm³/mol. The van der Waals surface area contributed by atoms with E-state index in [1.54, 1.807) is 11.3 Å². The quantitative estimate of drug-likeness (QED) is 0.927. The lowest BCUT2D eigenvalue weighted by Crippen LogP contribution is -2.31. The Morgan fingerprint density at radius 3 is 3.00 bits per heavy atom. The van der Waals surface area contributed by atoms with E-state index in [4.69, 9.17) is 4.74 Å². The fourth-order valence-electron chi connectivity index (χ4n) is 2.92. The highest BCUT2D eigenvalue weighted by atomic mass is 32.1. The van der Waals surface area contributed by atoms with Crippen LogP contribution in [-0.4, -0.2) is 17.0 Å². The Balaban J connectivity index is 1.46. The molecule has 4 nitrogen and oxygen atoms in total. The molecular formula is C16H16N2O2S. The number of benzene rings is 1. The molecule has 1 aliphatic heterocycles. The van der Waals surface area contributed by atoms with Gasteiger partial charge in [0.1, 0.15) is 5.75 Å². The molecule has 0 unspecified atom stereocenters. The first-order valence-corrected chi connectivity index (χ1v) is 8.15. The van der Waals surface area contributed by atoms with Crippen molar-refractivity contribution in [3.8, 4) is 5.75 Å². The van der Waals surface area contributed by atoms with Gasteiger partial charge in [0.2, 0.25) is 0 Å². The van der Waals surface area contributed by atoms with Gasteiger partial charge in [0, 0.05) is 11.3 Å². The molecule has 1 aliphatic carbocycles. The number of rotatable bonds is 2. The van der Waals surface area contributed by atoms with Crippen molar-refractivity contribution < 1.29 is 9.53 Å². The van der Waals surface area contributed by atoms with Crippen LogP contribution in [0.2, 0.25) is 0 Å². The van der Waals surface area contributed by atoms with Crippen LogP contribution in [0.25, 0.3) is 0 Å². The van der Waals surface area contributed by atoms with Crippen LogP contribution in [0.5, 0.6) is 5.75 Å². The molecule has 108 valence electrons. The first kappa shape index (κ1) is 12.8. The molecule has 0 fully saturated rings. The van der Waals surface area contributed by atoms with Crippen LogP contribution in [-0.2, 0) is 24.1 Å². The normalized spacial score (nSPS) is 19.5. The number of amides is 1. The smallest absolute Gasteiger partial charge is 0.267 e. The number of fused-ring (bicyclic) bond motifs is 2. The zero-order valence-corrected chi connectivity index (χ0v) is 12.4. The van der Waals surface area contributed by atoms with E-state index >= 15 is 0 Å². The van der Waals surface area contributed by atoms with Gasteiger partial charge in [0.25, 0.3) is 5.91 Å². The second kappa shape index (κ2) is 5.15. The number of hydrogen-bond acceptors (Lipinski definition) is 4. The number of aryl methyl sites for hydroxylation is 2. The van der Waals surface area contributed by atoms with Gasteiger partial charge in [-0.15, -0.1) is 11.3 Å². The molecule has 1 amide bonds. The third-order valence-electron chi connectivity index (χ3n) is 4.02. The van der Waals surface area contributed by atoms with Crippen molar-refractivity contribution >= 4 is 22.4 Å². The van der Waals surface area contributed by atoms with Gasteiger partial charge in [0.15, 0.2) is 11.2 Å². The van der Waals surface area contributed by atoms with E-state index in [0.717, 1.165) is 29.8 Å². The van der Waals surface area contributed by atoms with E-state index in [2.05, 4.69) is 10.3 Å². The molecule has 1 N–H and O–H groups in total. The van der Waals surface area contributed by atoms with Crippen molar-refractivity contribution in [1.82, 2.24) is 4.98 Å². The predicted octanol–water partition coefficient (Wildman–Crippen LogP) is 2.96. The van der Waals surface area contributed by atoms with Gasteiger partial charge >= 0.3 is 0 Å². The van der Waals surface area contributed by atoms with E-state index in [9.17, 15) is 4.79 Å². The fourth-order valence-corrected chi connectivity index (χ4v) is 3.97. The zero-order chi connectivity index (χ0) is 14.2. The Morgan fingerprint density at radius 1 is 1.29 bits per heavy atom. The molecule has 2 aromatic rings. The zero-order valence-electron chi connectivity index (χ0n) is 11.6. The van der Waals surface area contributed by atoms with Gasteiger partial charge in [-0.05, 0) is 37.3 Å². The maximum absolute atomic E-state index is 12.3. The van der Waals surface area contributed by atoms with Crippen molar-refractivity contribution in [3.05, 3.63) is 40.4 Å². The Morgan fingerprint density at radius 2 is 2.14 bits per heavy atom. The second-order valence-electron chi connectivity index (χ2n) is 5.50. The summed E-state index contributed by atoms with van der Waals surface area (Å²) in [6.45, 7) is 0. The Bertz CT molecular complexity index is 647. The maximum atomic E-state index is 12.3. The summed E-state index contributed by atoms with van der Waals surface area (Å²) in [5.41, 5.74) is 2.26. The fraction of sp³-hybridized carbons (Fsp3) is 0.375. The summed E-state index contributed by atoms with van der Waals surface area (Å²) in [5, 5.41) is 3.63. The summed E-state index contributed by atoms with van der Waals surface area (Å²) in [7, 11) is 0. The number of aromatic nitrogens is 1. The van der Waals surface area contributed by atoms with Crippen molar-refractivity contribution in [1.29, 1.82) is 0 Å². The molecule has 2 aliphatic rings. The molecule has 0 bridgehead atoms. The Kier molecular flexibility index (Phi) is 3.15. The van der Waals surface area contributed by atoms with Crippen LogP contribution in [0.3, 0.4) is 0 Å². The molecule has 1 aromatic heterocycles. The first-order valence-electron chi connectivity index (χ1n) is 7.33. The Hall–Kier alpha value is -1.88. The van der Waals surface area contributed by atoms with Crippen LogP contribution in [0, 0.1) is 0 Å². The summed E-state index contributed by atoms with van der Waals surface area (Å²) in [6, 6.07) is 7.81. The molecule has 0 saturated heterocycles. The molecule has 2 heterocycles. The number of nitrogens with zero attached hydrogens (tertiary/aromatic N) is 1. The standard InChI is InChI=1S/C16H16N2O2S/c19-15(13-9-10-5-1-3-7-12(10)20-13)18-16-17-11-6-2-4-8-14(11)21-16/h1,3,5,7,13H,2,4,6,8-9H2,(H,17,18,19)/t13-/m1/s1. The SMILES string of the molecule is O=C(Nc1nc2c(s1)CCCC2)[C@H]1Cc2ccccc2O1. The molecule has 21 heavy (non-hydrogen) atoms. The van der Waals surface area contributed by atoms with E-state index in [0.29, 0.717) is 11.6 Å². The summed E-state index contributed by atoms with van der Waals surface area (Å²) in [5.74, 6) is 0.716. The molecule has 1 aromatic carbocycles. The van der Waals surface area contributed by atoms with Crippen molar-refractivity contribution in [2.75, 3.05) is 5.32 Å². The number of nitrogens with one attached hydrogen (secondary N) is 1. The number of thiazole rings is 1. The minimum absolute atomic E-state index is 0.0997. The summed E-state index contributed by atoms with van der Waals surface area (Å²) < 4.78 is 5.71. The first-order chi connectivity index (χ1) is 10.3. The number of hydrogen-bond donors (Lipinski definition) is 1. The van der Waals surface area contributed by atoms with E-state index in [-0.39, 0.29) is 5.91 Å². The van der Waals surface area contributed by atoms with E-state index < -0.39 is 6.10 Å². The summed E-state index contributed by atoms with van der Waals surface area (Å²) in [4.78, 5) is 18.2. The summed E-state index contributed by atoms with van der Waals surface area (Å²) in [6.07, 6.45) is 4.74.